The number of hydrogen-bond donors (Lipinski definition) is 0. The molecule has 3 nitrogen and oxygen atoms in total. The van der Waals surface area contributed by atoms with Crippen LogP contribution in [-0.4, -0.2) is 34.6 Å². The molecule has 8 atom stereocenters. The molecule has 0 N–H and O–H groups in total. The van der Waals surface area contributed by atoms with Gasteiger partial charge in [0.25, 0.3) is 0 Å². The van der Waals surface area contributed by atoms with Crippen molar-refractivity contribution in [3.63, 3.8) is 0 Å². The average Bonchev–Trinajstić information content (AvgIpc) is 2.89. The first-order valence-electron chi connectivity index (χ1n) is 12.6. The van der Waals surface area contributed by atoms with Crippen LogP contribution < -0.4 is 0 Å². The van der Waals surface area contributed by atoms with E-state index in [0.29, 0.717) is 41.2 Å². The smallest absolute Gasteiger partial charge is 0.184 e. The summed E-state index contributed by atoms with van der Waals surface area (Å²) in [5.41, 5.74) is 0.297. The minimum atomic E-state index is -1.64. The summed E-state index contributed by atoms with van der Waals surface area (Å²) in [6.07, 6.45) is 9.92. The zero-order chi connectivity index (χ0) is 22.1. The Labute approximate surface area is 187 Å². The molecule has 0 aromatic carbocycles. The lowest BCUT2D eigenvalue weighted by Crippen LogP contribution is -2.60. The molecule has 0 aromatic heterocycles. The summed E-state index contributed by atoms with van der Waals surface area (Å²) >= 11 is 0. The fourth-order valence-corrected chi connectivity index (χ4v) is 10.6. The molecule has 4 aliphatic rings. The van der Waals surface area contributed by atoms with Gasteiger partial charge in [0.1, 0.15) is 5.78 Å². The van der Waals surface area contributed by atoms with Crippen LogP contribution in [0.1, 0.15) is 65.2 Å². The van der Waals surface area contributed by atoms with Gasteiger partial charge in [-0.15, -0.1) is 0 Å². The van der Waals surface area contributed by atoms with Crippen LogP contribution in [0.2, 0.25) is 39.3 Å². The Morgan fingerprint density at radius 3 is 2.10 bits per heavy atom. The first-order valence-corrected chi connectivity index (χ1v) is 19.4. The Balaban J connectivity index is 1.65. The predicted octanol–water partition coefficient (Wildman–Crippen LogP) is 6.65. The lowest BCUT2D eigenvalue weighted by molar-refractivity contribution is -0.165. The first kappa shape index (κ1) is 23.2. The molecular weight excluding hydrogens is 404 g/mol. The summed E-state index contributed by atoms with van der Waals surface area (Å²) in [5.74, 6) is 3.19. The number of carbonyl (C=O) groups excluding carboxylic acids is 1. The van der Waals surface area contributed by atoms with E-state index in [1.807, 2.05) is 0 Å². The minimum absolute atomic E-state index is 0.0494. The van der Waals surface area contributed by atoms with E-state index >= 15 is 0 Å². The third-order valence-corrected chi connectivity index (χ3v) is 11.4. The molecule has 0 spiro atoms. The zero-order valence-corrected chi connectivity index (χ0v) is 22.8. The fraction of sp³-hybridized carbons (Fsp3) is 0.960. The third kappa shape index (κ3) is 4.06. The quantitative estimate of drug-likeness (QED) is 0.450. The highest BCUT2D eigenvalue weighted by atomic mass is 28.4. The van der Waals surface area contributed by atoms with Crippen LogP contribution in [0, 0.1) is 34.5 Å². The summed E-state index contributed by atoms with van der Waals surface area (Å²) in [6.45, 7) is 18.9. The molecule has 0 aromatic rings. The van der Waals surface area contributed by atoms with E-state index in [1.54, 1.807) is 0 Å². The first-order chi connectivity index (χ1) is 13.7. The topological polar surface area (TPSA) is 35.5 Å². The molecule has 0 radical (unpaired) electrons. The molecule has 0 amide bonds. The molecule has 4 aliphatic carbocycles. The normalized spacial score (nSPS) is 46.9. The minimum Gasteiger partial charge on any atom is -0.415 e. The monoisotopic (exact) mass is 450 g/mol. The maximum absolute atomic E-state index is 12.8. The largest absolute Gasteiger partial charge is 0.415 e. The summed E-state index contributed by atoms with van der Waals surface area (Å²) in [7, 11) is -3.18. The van der Waals surface area contributed by atoms with Crippen LogP contribution in [-0.2, 0) is 13.6 Å². The molecule has 4 rings (SSSR count). The molecule has 0 bridgehead atoms. The van der Waals surface area contributed by atoms with Gasteiger partial charge in [-0.3, -0.25) is 4.79 Å². The standard InChI is InChI=1S/C25H46O3Si2/c1-24-13-11-17(27-29(3,4)5)15-21(24)22(28-30(6,7)8)16-18-19-9-10-23(26)25(19,2)14-12-20(18)24/h17-22H,9-16H2,1-8H3. The van der Waals surface area contributed by atoms with E-state index < -0.39 is 16.6 Å². The second-order valence-corrected chi connectivity index (χ2v) is 22.5. The molecule has 172 valence electrons. The molecule has 5 heteroatoms. The number of Topliss-reactive ketones (excluding diaryl/α,β-unsaturated/α-hetero) is 1. The van der Waals surface area contributed by atoms with Gasteiger partial charge in [-0.1, -0.05) is 13.8 Å². The van der Waals surface area contributed by atoms with E-state index in [4.69, 9.17) is 8.85 Å². The summed E-state index contributed by atoms with van der Waals surface area (Å²) in [6, 6.07) is 0. The van der Waals surface area contributed by atoms with Crippen LogP contribution in [0.3, 0.4) is 0 Å². The molecule has 30 heavy (non-hydrogen) atoms. The van der Waals surface area contributed by atoms with Crippen LogP contribution in [0.15, 0.2) is 0 Å². The molecule has 4 saturated carbocycles. The second-order valence-electron chi connectivity index (χ2n) is 13.5. The van der Waals surface area contributed by atoms with Crippen LogP contribution >= 0.6 is 0 Å². The number of ketones is 1. The molecular formula is C25H46O3Si2. The molecule has 0 aliphatic heterocycles. The van der Waals surface area contributed by atoms with Crippen molar-refractivity contribution in [2.24, 2.45) is 34.5 Å². The molecule has 0 saturated heterocycles. The number of fused-ring (bicyclic) bond motifs is 5. The van der Waals surface area contributed by atoms with E-state index in [-0.39, 0.29) is 5.41 Å². The van der Waals surface area contributed by atoms with Gasteiger partial charge < -0.3 is 8.85 Å². The highest BCUT2D eigenvalue weighted by Gasteiger charge is 2.62. The van der Waals surface area contributed by atoms with E-state index in [2.05, 4.69) is 53.1 Å². The zero-order valence-electron chi connectivity index (χ0n) is 20.8. The number of rotatable bonds is 4. The number of hydrogen-bond acceptors (Lipinski definition) is 3. The van der Waals surface area contributed by atoms with Crippen LogP contribution in [0.5, 0.6) is 0 Å². The Morgan fingerprint density at radius 2 is 1.47 bits per heavy atom. The van der Waals surface area contributed by atoms with Crippen molar-refractivity contribution in [2.75, 3.05) is 0 Å². The Bertz CT molecular complexity index is 681. The SMILES string of the molecule is CC12CCC3C(CC(O[Si](C)(C)C)C4CC(O[Si](C)(C)C)CCC43C)C1CCC2=O. The van der Waals surface area contributed by atoms with Gasteiger partial charge in [0.05, 0.1) is 0 Å². The summed E-state index contributed by atoms with van der Waals surface area (Å²) < 4.78 is 13.6. The van der Waals surface area contributed by atoms with Gasteiger partial charge in [0.15, 0.2) is 16.6 Å². The van der Waals surface area contributed by atoms with Crippen molar-refractivity contribution >= 4 is 22.4 Å². The van der Waals surface area contributed by atoms with Crippen LogP contribution in [0.25, 0.3) is 0 Å². The van der Waals surface area contributed by atoms with E-state index in [1.165, 1.54) is 32.1 Å². The number of carbonyl (C=O) groups is 1. The van der Waals surface area contributed by atoms with Crippen molar-refractivity contribution in [3.05, 3.63) is 0 Å². The molecule has 8 unspecified atom stereocenters. The van der Waals surface area contributed by atoms with Gasteiger partial charge >= 0.3 is 0 Å². The van der Waals surface area contributed by atoms with Gasteiger partial charge in [-0.2, -0.15) is 0 Å². The summed E-state index contributed by atoms with van der Waals surface area (Å²) in [5, 5.41) is 0. The average molecular weight is 451 g/mol. The Hall–Kier alpha value is 0.0238. The van der Waals surface area contributed by atoms with Crippen molar-refractivity contribution in [1.29, 1.82) is 0 Å². The highest BCUT2D eigenvalue weighted by Crippen LogP contribution is 2.66. The lowest BCUT2D eigenvalue weighted by Gasteiger charge is -2.63. The second kappa shape index (κ2) is 7.53. The van der Waals surface area contributed by atoms with Crippen molar-refractivity contribution in [3.8, 4) is 0 Å². The maximum Gasteiger partial charge on any atom is 0.184 e. The predicted molar refractivity (Wildman–Crippen MR) is 129 cm³/mol. The van der Waals surface area contributed by atoms with Crippen molar-refractivity contribution in [2.45, 2.75) is 117 Å². The van der Waals surface area contributed by atoms with Gasteiger partial charge in [-0.25, -0.2) is 0 Å². The van der Waals surface area contributed by atoms with Crippen molar-refractivity contribution in [1.82, 2.24) is 0 Å². The highest BCUT2D eigenvalue weighted by molar-refractivity contribution is 6.70. The molecule has 4 fully saturated rings. The lowest BCUT2D eigenvalue weighted by atomic mass is 9.44. The van der Waals surface area contributed by atoms with Gasteiger partial charge in [0, 0.05) is 24.0 Å². The van der Waals surface area contributed by atoms with E-state index in [0.717, 1.165) is 25.2 Å². The van der Waals surface area contributed by atoms with Crippen LogP contribution in [0.4, 0.5) is 0 Å². The Kier molecular flexibility index (Phi) is 5.82. The Morgan fingerprint density at radius 1 is 0.800 bits per heavy atom. The maximum atomic E-state index is 12.8. The fourth-order valence-electron chi connectivity index (χ4n) is 8.19. The molecule has 0 heterocycles. The van der Waals surface area contributed by atoms with Gasteiger partial charge in [-0.05, 0) is 113 Å². The van der Waals surface area contributed by atoms with E-state index in [9.17, 15) is 4.79 Å². The van der Waals surface area contributed by atoms with Crippen molar-refractivity contribution < 1.29 is 13.6 Å². The third-order valence-electron chi connectivity index (χ3n) is 9.34. The summed E-state index contributed by atoms with van der Waals surface area (Å²) in [4.78, 5) is 12.8. The van der Waals surface area contributed by atoms with Gasteiger partial charge in [0.2, 0.25) is 0 Å².